The number of alkyl halides is 2. The number of ether oxygens (including phenoxy) is 2. The van der Waals surface area contributed by atoms with Crippen molar-refractivity contribution < 1.29 is 18.3 Å². The Morgan fingerprint density at radius 2 is 1.80 bits per heavy atom. The molecule has 1 aliphatic rings. The second-order valence-corrected chi connectivity index (χ2v) is 7.07. The van der Waals surface area contributed by atoms with Gasteiger partial charge in [-0.3, -0.25) is 4.90 Å². The zero-order valence-electron chi connectivity index (χ0n) is 16.7. The van der Waals surface area contributed by atoms with Crippen molar-refractivity contribution in [3.05, 3.63) is 59.9 Å². The van der Waals surface area contributed by atoms with E-state index in [1.54, 1.807) is 19.2 Å². The van der Waals surface area contributed by atoms with Crippen LogP contribution in [0.2, 0.25) is 0 Å². The van der Waals surface area contributed by atoms with Crippen LogP contribution in [-0.4, -0.2) is 54.8 Å². The van der Waals surface area contributed by atoms with E-state index in [9.17, 15) is 8.78 Å². The summed E-state index contributed by atoms with van der Waals surface area (Å²) in [5, 5.41) is 4.03. The summed E-state index contributed by atoms with van der Waals surface area (Å²) in [6.45, 7) is 3.43. The van der Waals surface area contributed by atoms with Gasteiger partial charge in [-0.15, -0.1) is 0 Å². The summed E-state index contributed by atoms with van der Waals surface area (Å²) in [4.78, 5) is 10.4. The Hall–Kier alpha value is -2.84. The van der Waals surface area contributed by atoms with Gasteiger partial charge in [-0.05, 0) is 29.8 Å². The molecule has 3 aromatic rings. The lowest BCUT2D eigenvalue weighted by atomic mass is 10.0. The van der Waals surface area contributed by atoms with E-state index in [0.717, 1.165) is 29.8 Å². The molecule has 1 unspecified atom stereocenters. The van der Waals surface area contributed by atoms with Crippen LogP contribution in [0.25, 0.3) is 10.9 Å². The first-order valence-corrected chi connectivity index (χ1v) is 9.90. The molecule has 1 saturated heterocycles. The lowest BCUT2D eigenvalue weighted by Crippen LogP contribution is -2.41. The molecular weight excluding hydrogens is 390 g/mol. The summed E-state index contributed by atoms with van der Waals surface area (Å²) < 4.78 is 37.4. The first-order chi connectivity index (χ1) is 14.7. The van der Waals surface area contributed by atoms with Gasteiger partial charge in [-0.1, -0.05) is 24.3 Å². The minimum Gasteiger partial charge on any atom is -0.497 e. The fourth-order valence-corrected chi connectivity index (χ4v) is 3.69. The van der Waals surface area contributed by atoms with Crippen LogP contribution in [0.3, 0.4) is 0 Å². The number of hydrogen-bond donors (Lipinski definition) is 1. The van der Waals surface area contributed by atoms with E-state index >= 15 is 0 Å². The molecule has 2 heterocycles. The van der Waals surface area contributed by atoms with Gasteiger partial charge in [0.2, 0.25) is 0 Å². The van der Waals surface area contributed by atoms with Crippen molar-refractivity contribution in [2.75, 3.05) is 45.3 Å². The monoisotopic (exact) mass is 414 g/mol. The first-order valence-electron chi connectivity index (χ1n) is 9.90. The van der Waals surface area contributed by atoms with Crippen LogP contribution >= 0.6 is 0 Å². The van der Waals surface area contributed by atoms with E-state index < -0.39 is 12.2 Å². The Morgan fingerprint density at radius 1 is 1.07 bits per heavy atom. The van der Waals surface area contributed by atoms with Crippen molar-refractivity contribution >= 4 is 16.7 Å². The van der Waals surface area contributed by atoms with Gasteiger partial charge in [0, 0.05) is 25.0 Å². The molecule has 4 rings (SSSR count). The highest BCUT2D eigenvalue weighted by molar-refractivity contribution is 5.89. The number of para-hydroxylation sites is 1. The number of aromatic nitrogens is 2. The number of benzene rings is 2. The lowest BCUT2D eigenvalue weighted by Gasteiger charge is -2.35. The Balaban J connectivity index is 1.63. The molecule has 0 radical (unpaired) electrons. The van der Waals surface area contributed by atoms with Gasteiger partial charge in [0.15, 0.2) is 5.82 Å². The Bertz CT molecular complexity index is 979. The van der Waals surface area contributed by atoms with Crippen molar-refractivity contribution in [3.63, 3.8) is 0 Å². The van der Waals surface area contributed by atoms with E-state index in [1.807, 2.05) is 36.4 Å². The maximum absolute atomic E-state index is 13.3. The predicted octanol–water partition coefficient (Wildman–Crippen LogP) is 4.06. The van der Waals surface area contributed by atoms with Gasteiger partial charge in [0.1, 0.15) is 11.6 Å². The van der Waals surface area contributed by atoms with Crippen molar-refractivity contribution in [2.45, 2.75) is 12.5 Å². The van der Waals surface area contributed by atoms with Crippen LogP contribution in [0.4, 0.5) is 14.6 Å². The first kappa shape index (κ1) is 20.4. The van der Waals surface area contributed by atoms with Crippen molar-refractivity contribution in [1.29, 1.82) is 0 Å². The smallest absolute Gasteiger partial charge is 0.297 e. The van der Waals surface area contributed by atoms with E-state index in [1.165, 1.54) is 0 Å². The summed E-state index contributed by atoms with van der Waals surface area (Å²) in [5.74, 6) is 0.738. The third kappa shape index (κ3) is 4.49. The largest absolute Gasteiger partial charge is 0.497 e. The highest BCUT2D eigenvalue weighted by Crippen LogP contribution is 2.28. The second kappa shape index (κ2) is 9.32. The molecule has 158 valence electrons. The molecule has 0 saturated carbocycles. The molecule has 8 heteroatoms. The summed E-state index contributed by atoms with van der Waals surface area (Å²) in [5.41, 5.74) is 1.61. The van der Waals surface area contributed by atoms with Crippen LogP contribution in [-0.2, 0) is 4.74 Å². The van der Waals surface area contributed by atoms with Crippen molar-refractivity contribution in [2.24, 2.45) is 0 Å². The average molecular weight is 414 g/mol. The number of hydrogen-bond acceptors (Lipinski definition) is 6. The minimum atomic E-state index is -2.73. The maximum atomic E-state index is 13.3. The Labute approximate surface area is 173 Å². The molecule has 6 nitrogen and oxygen atoms in total. The van der Waals surface area contributed by atoms with Gasteiger partial charge >= 0.3 is 0 Å². The Morgan fingerprint density at radius 3 is 2.50 bits per heavy atom. The molecule has 0 bridgehead atoms. The normalized spacial score (nSPS) is 16.0. The molecule has 0 amide bonds. The zero-order chi connectivity index (χ0) is 20.9. The van der Waals surface area contributed by atoms with Crippen LogP contribution < -0.4 is 10.1 Å². The van der Waals surface area contributed by atoms with E-state index in [-0.39, 0.29) is 6.04 Å². The highest BCUT2D eigenvalue weighted by atomic mass is 19.3. The third-order valence-electron chi connectivity index (χ3n) is 5.27. The molecule has 1 N–H and O–H groups in total. The second-order valence-electron chi connectivity index (χ2n) is 7.07. The van der Waals surface area contributed by atoms with Crippen LogP contribution in [0.15, 0.2) is 48.5 Å². The summed E-state index contributed by atoms with van der Waals surface area (Å²) in [6, 6.07) is 15.1. The molecule has 1 atom stereocenters. The number of halogens is 2. The van der Waals surface area contributed by atoms with Crippen LogP contribution in [0.1, 0.15) is 23.9 Å². The molecule has 0 aliphatic carbocycles. The lowest BCUT2D eigenvalue weighted by molar-refractivity contribution is 0.0187. The van der Waals surface area contributed by atoms with Gasteiger partial charge in [0.05, 0.1) is 31.9 Å². The number of fused-ring (bicyclic) bond motifs is 1. The van der Waals surface area contributed by atoms with Gasteiger partial charge in [-0.25, -0.2) is 18.7 Å². The minimum absolute atomic E-state index is 0.0310. The molecule has 0 spiro atoms. The summed E-state index contributed by atoms with van der Waals surface area (Å²) in [7, 11) is 1.64. The predicted molar refractivity (Wildman–Crippen MR) is 111 cm³/mol. The number of nitrogens with one attached hydrogen (secondary N) is 1. The van der Waals surface area contributed by atoms with Gasteiger partial charge in [0.25, 0.3) is 6.43 Å². The van der Waals surface area contributed by atoms with Crippen molar-refractivity contribution in [3.8, 4) is 5.75 Å². The van der Waals surface area contributed by atoms with E-state index in [4.69, 9.17) is 9.47 Å². The number of nitrogens with zero attached hydrogens (tertiary/aromatic N) is 3. The maximum Gasteiger partial charge on any atom is 0.297 e. The number of methoxy groups -OCH3 is 1. The molecule has 1 aromatic heterocycles. The molecule has 2 aromatic carbocycles. The summed E-state index contributed by atoms with van der Waals surface area (Å²) >= 11 is 0. The zero-order valence-corrected chi connectivity index (χ0v) is 16.7. The highest BCUT2D eigenvalue weighted by Gasteiger charge is 2.23. The standard InChI is InChI=1S/C22H24F2N4O2/c1-29-16-8-6-15(7-9-16)19(28-10-12-30-13-11-28)14-25-21-17-4-2-3-5-18(17)26-22(27-21)20(23)24/h2-9,19-20H,10-14H2,1H3,(H,25,26,27). The third-order valence-corrected chi connectivity index (χ3v) is 5.27. The van der Waals surface area contributed by atoms with Gasteiger partial charge < -0.3 is 14.8 Å². The SMILES string of the molecule is COc1ccc(C(CNc2nc(C(F)F)nc3ccccc23)N2CCOCC2)cc1. The number of anilines is 1. The van der Waals surface area contributed by atoms with Crippen LogP contribution in [0.5, 0.6) is 5.75 Å². The van der Waals surface area contributed by atoms with E-state index in [0.29, 0.717) is 31.1 Å². The van der Waals surface area contributed by atoms with E-state index in [2.05, 4.69) is 20.2 Å². The number of morpholine rings is 1. The van der Waals surface area contributed by atoms with Crippen molar-refractivity contribution in [1.82, 2.24) is 14.9 Å². The molecule has 30 heavy (non-hydrogen) atoms. The fourth-order valence-electron chi connectivity index (χ4n) is 3.69. The van der Waals surface area contributed by atoms with Gasteiger partial charge in [-0.2, -0.15) is 0 Å². The van der Waals surface area contributed by atoms with Crippen LogP contribution in [0, 0.1) is 0 Å². The molecule has 1 aliphatic heterocycles. The molecule has 1 fully saturated rings. The molecular formula is C22H24F2N4O2. The fraction of sp³-hybridized carbons (Fsp3) is 0.364. The summed E-state index contributed by atoms with van der Waals surface area (Å²) in [6.07, 6.45) is -2.73. The topological polar surface area (TPSA) is 59.5 Å². The quantitative estimate of drug-likeness (QED) is 0.629. The number of rotatable bonds is 7. The average Bonchev–Trinajstić information content (AvgIpc) is 2.80. The Kier molecular flexibility index (Phi) is 6.35.